The third-order valence-electron chi connectivity index (χ3n) is 1.77. The van der Waals surface area contributed by atoms with Crippen LogP contribution in [0, 0.1) is 0 Å². The fourth-order valence-electron chi connectivity index (χ4n) is 1.03. The Morgan fingerprint density at radius 1 is 1.31 bits per heavy atom. The van der Waals surface area contributed by atoms with Crippen LogP contribution in [0.1, 0.15) is 10.5 Å². The number of nitrogens with zero attached hydrogens (tertiary/aromatic N) is 2. The summed E-state index contributed by atoms with van der Waals surface area (Å²) >= 11 is 12.7. The van der Waals surface area contributed by atoms with E-state index in [1.807, 2.05) is 0 Å². The molecule has 0 aliphatic heterocycles. The Bertz CT molecular complexity index is 515. The van der Waals surface area contributed by atoms with Crippen molar-refractivity contribution in [3.63, 3.8) is 0 Å². The SMILES string of the molecule is O=C(Nc1ccc(Cl)c(Cl)c1)c1csnn1. The molecule has 0 unspecified atom stereocenters. The van der Waals surface area contributed by atoms with E-state index in [-0.39, 0.29) is 11.6 Å². The van der Waals surface area contributed by atoms with Crippen molar-refractivity contribution in [1.29, 1.82) is 0 Å². The van der Waals surface area contributed by atoms with E-state index >= 15 is 0 Å². The summed E-state index contributed by atoms with van der Waals surface area (Å²) in [4.78, 5) is 11.6. The maximum absolute atomic E-state index is 11.6. The zero-order chi connectivity index (χ0) is 11.5. The molecular weight excluding hydrogens is 269 g/mol. The average Bonchev–Trinajstić information content (AvgIpc) is 2.77. The first-order valence-corrected chi connectivity index (χ1v) is 5.79. The van der Waals surface area contributed by atoms with Crippen LogP contribution in [-0.4, -0.2) is 15.5 Å². The largest absolute Gasteiger partial charge is 0.321 e. The van der Waals surface area contributed by atoms with Crippen LogP contribution >= 0.6 is 34.7 Å². The van der Waals surface area contributed by atoms with Crippen molar-refractivity contribution < 1.29 is 4.79 Å². The first-order valence-electron chi connectivity index (χ1n) is 4.20. The van der Waals surface area contributed by atoms with Gasteiger partial charge in [-0.25, -0.2) is 0 Å². The molecule has 0 aliphatic rings. The molecule has 0 spiro atoms. The number of nitrogens with one attached hydrogen (secondary N) is 1. The van der Waals surface area contributed by atoms with Crippen LogP contribution in [-0.2, 0) is 0 Å². The van der Waals surface area contributed by atoms with Crippen molar-refractivity contribution in [1.82, 2.24) is 9.59 Å². The minimum atomic E-state index is -0.327. The maximum Gasteiger partial charge on any atom is 0.277 e. The van der Waals surface area contributed by atoms with E-state index in [2.05, 4.69) is 14.9 Å². The standard InChI is InChI=1S/C9H5Cl2N3OS/c10-6-2-1-5(3-7(6)11)12-9(15)8-4-16-14-13-8/h1-4H,(H,12,15). The van der Waals surface area contributed by atoms with Gasteiger partial charge in [0.15, 0.2) is 5.69 Å². The maximum atomic E-state index is 11.6. The summed E-state index contributed by atoms with van der Waals surface area (Å²) in [5.41, 5.74) is 0.837. The van der Waals surface area contributed by atoms with Gasteiger partial charge in [-0.05, 0) is 29.7 Å². The van der Waals surface area contributed by atoms with Crippen molar-refractivity contribution in [3.05, 3.63) is 39.3 Å². The second kappa shape index (κ2) is 4.78. The second-order valence-corrected chi connectivity index (χ2v) is 4.30. The predicted molar refractivity (Wildman–Crippen MR) is 64.3 cm³/mol. The first-order chi connectivity index (χ1) is 7.66. The van der Waals surface area contributed by atoms with Gasteiger partial charge in [0.05, 0.1) is 10.0 Å². The Balaban J connectivity index is 2.15. The molecule has 2 rings (SSSR count). The van der Waals surface area contributed by atoms with Crippen LogP contribution in [0.3, 0.4) is 0 Å². The molecule has 0 aliphatic carbocycles. The first kappa shape index (κ1) is 11.3. The van der Waals surface area contributed by atoms with E-state index in [0.29, 0.717) is 15.7 Å². The molecule has 0 atom stereocenters. The van der Waals surface area contributed by atoms with Crippen molar-refractivity contribution in [2.45, 2.75) is 0 Å². The summed E-state index contributed by atoms with van der Waals surface area (Å²) in [7, 11) is 0. The van der Waals surface area contributed by atoms with Crippen molar-refractivity contribution in [2.24, 2.45) is 0 Å². The third kappa shape index (κ3) is 2.49. The lowest BCUT2D eigenvalue weighted by Gasteiger charge is -2.03. The fraction of sp³-hybridized carbons (Fsp3) is 0. The second-order valence-electron chi connectivity index (χ2n) is 2.87. The Morgan fingerprint density at radius 3 is 2.75 bits per heavy atom. The van der Waals surface area contributed by atoms with E-state index in [1.54, 1.807) is 23.6 Å². The number of benzene rings is 1. The molecule has 1 N–H and O–H groups in total. The summed E-state index contributed by atoms with van der Waals surface area (Å²) in [5.74, 6) is -0.327. The van der Waals surface area contributed by atoms with E-state index < -0.39 is 0 Å². The lowest BCUT2D eigenvalue weighted by Crippen LogP contribution is -2.12. The number of hydrogen-bond acceptors (Lipinski definition) is 4. The molecule has 82 valence electrons. The Labute approximate surface area is 105 Å². The molecular formula is C9H5Cl2N3OS. The van der Waals surface area contributed by atoms with Gasteiger partial charge in [0.25, 0.3) is 5.91 Å². The highest BCUT2D eigenvalue weighted by Crippen LogP contribution is 2.25. The van der Waals surface area contributed by atoms with Crippen molar-refractivity contribution in [2.75, 3.05) is 5.32 Å². The summed E-state index contributed by atoms with van der Waals surface area (Å²) < 4.78 is 3.60. The number of rotatable bonds is 2. The summed E-state index contributed by atoms with van der Waals surface area (Å²) in [6.45, 7) is 0. The number of anilines is 1. The van der Waals surface area contributed by atoms with E-state index in [9.17, 15) is 4.79 Å². The zero-order valence-electron chi connectivity index (χ0n) is 7.78. The predicted octanol–water partition coefficient (Wildman–Crippen LogP) is 3.10. The van der Waals surface area contributed by atoms with Crippen LogP contribution in [0.2, 0.25) is 10.0 Å². The molecule has 0 saturated carbocycles. The number of amides is 1. The van der Waals surface area contributed by atoms with Crippen LogP contribution in [0.5, 0.6) is 0 Å². The van der Waals surface area contributed by atoms with Gasteiger partial charge in [0.2, 0.25) is 0 Å². The molecule has 16 heavy (non-hydrogen) atoms. The highest BCUT2D eigenvalue weighted by Gasteiger charge is 2.09. The van der Waals surface area contributed by atoms with Crippen molar-refractivity contribution >= 4 is 46.3 Å². The number of aromatic nitrogens is 2. The van der Waals surface area contributed by atoms with Gasteiger partial charge in [-0.1, -0.05) is 27.7 Å². The van der Waals surface area contributed by atoms with Crippen LogP contribution in [0.4, 0.5) is 5.69 Å². The van der Waals surface area contributed by atoms with E-state index in [0.717, 1.165) is 11.5 Å². The molecule has 0 fully saturated rings. The van der Waals surface area contributed by atoms with Gasteiger partial charge in [-0.2, -0.15) is 0 Å². The number of carbonyl (C=O) groups excluding carboxylic acids is 1. The minimum absolute atomic E-state index is 0.274. The molecule has 0 bridgehead atoms. The zero-order valence-corrected chi connectivity index (χ0v) is 10.1. The third-order valence-corrected chi connectivity index (χ3v) is 3.01. The van der Waals surface area contributed by atoms with Gasteiger partial charge >= 0.3 is 0 Å². The van der Waals surface area contributed by atoms with Crippen molar-refractivity contribution in [3.8, 4) is 0 Å². The fourth-order valence-corrected chi connectivity index (χ4v) is 1.77. The molecule has 0 saturated heterocycles. The molecule has 1 aromatic heterocycles. The Hall–Kier alpha value is -1.17. The lowest BCUT2D eigenvalue weighted by atomic mass is 10.3. The molecule has 4 nitrogen and oxygen atoms in total. The smallest absolute Gasteiger partial charge is 0.277 e. The number of carbonyl (C=O) groups is 1. The lowest BCUT2D eigenvalue weighted by molar-refractivity contribution is 0.102. The number of hydrogen-bond donors (Lipinski definition) is 1. The summed E-state index contributed by atoms with van der Waals surface area (Å²) in [6.07, 6.45) is 0. The molecule has 0 radical (unpaired) electrons. The minimum Gasteiger partial charge on any atom is -0.321 e. The van der Waals surface area contributed by atoms with Gasteiger partial charge in [-0.15, -0.1) is 5.10 Å². The topological polar surface area (TPSA) is 54.9 Å². The Kier molecular flexibility index (Phi) is 3.38. The van der Waals surface area contributed by atoms with Crippen LogP contribution < -0.4 is 5.32 Å². The number of halogens is 2. The molecule has 7 heteroatoms. The average molecular weight is 274 g/mol. The molecule has 2 aromatic rings. The van der Waals surface area contributed by atoms with Crippen LogP contribution in [0.25, 0.3) is 0 Å². The van der Waals surface area contributed by atoms with Gasteiger partial charge in [0.1, 0.15) is 0 Å². The summed E-state index contributed by atoms with van der Waals surface area (Å²) in [5, 5.41) is 8.67. The quantitative estimate of drug-likeness (QED) is 0.915. The van der Waals surface area contributed by atoms with Gasteiger partial charge in [-0.3, -0.25) is 4.79 Å². The van der Waals surface area contributed by atoms with Crippen LogP contribution in [0.15, 0.2) is 23.6 Å². The summed E-state index contributed by atoms with van der Waals surface area (Å²) in [6, 6.07) is 4.84. The molecule has 1 aromatic carbocycles. The molecule has 1 amide bonds. The normalized spacial score (nSPS) is 10.1. The Morgan fingerprint density at radius 2 is 2.12 bits per heavy atom. The monoisotopic (exact) mass is 273 g/mol. The van der Waals surface area contributed by atoms with Gasteiger partial charge < -0.3 is 5.32 Å². The van der Waals surface area contributed by atoms with Gasteiger partial charge in [0, 0.05) is 11.1 Å². The van der Waals surface area contributed by atoms with E-state index in [4.69, 9.17) is 23.2 Å². The van der Waals surface area contributed by atoms with E-state index in [1.165, 1.54) is 0 Å². The highest BCUT2D eigenvalue weighted by atomic mass is 35.5. The highest BCUT2D eigenvalue weighted by molar-refractivity contribution is 7.03. The molecule has 1 heterocycles.